The average molecular weight is 410 g/mol. The Morgan fingerprint density at radius 2 is 1.58 bits per heavy atom. The number of hydrogen-bond donors (Lipinski definition) is 1. The summed E-state index contributed by atoms with van der Waals surface area (Å²) in [5.74, 6) is -0.583. The number of para-hydroxylation sites is 1. The number of fused-ring (bicyclic) bond motifs is 1. The van der Waals surface area contributed by atoms with E-state index in [9.17, 15) is 9.18 Å². The van der Waals surface area contributed by atoms with Crippen LogP contribution in [0.3, 0.4) is 0 Å². The number of benzene rings is 3. The fraction of sp³-hybridized carbons (Fsp3) is 0. The Labute approximate surface area is 176 Å². The Balaban J connectivity index is 1.49. The van der Waals surface area contributed by atoms with Gasteiger partial charge in [-0.25, -0.2) is 9.37 Å². The molecule has 6 nitrogen and oxygen atoms in total. The summed E-state index contributed by atoms with van der Waals surface area (Å²) in [6, 6.07) is 24.4. The second-order valence-electron chi connectivity index (χ2n) is 6.81. The van der Waals surface area contributed by atoms with Crippen LogP contribution in [0.4, 0.5) is 10.4 Å². The summed E-state index contributed by atoms with van der Waals surface area (Å²) in [6.07, 6.45) is 0. The van der Waals surface area contributed by atoms with Gasteiger partial charge in [0.2, 0.25) is 5.89 Å². The minimum Gasteiger partial charge on any atom is -0.403 e. The van der Waals surface area contributed by atoms with Gasteiger partial charge in [0.25, 0.3) is 5.91 Å². The molecule has 0 fully saturated rings. The summed E-state index contributed by atoms with van der Waals surface area (Å²) >= 11 is 0. The zero-order valence-corrected chi connectivity index (χ0v) is 16.1. The number of nitrogens with one attached hydrogen (secondary N) is 1. The van der Waals surface area contributed by atoms with E-state index in [-0.39, 0.29) is 17.7 Å². The maximum atomic E-state index is 13.1. The Bertz CT molecular complexity index is 1380. The summed E-state index contributed by atoms with van der Waals surface area (Å²) < 4.78 is 18.7. The van der Waals surface area contributed by atoms with Gasteiger partial charge in [-0.3, -0.25) is 10.1 Å². The van der Waals surface area contributed by atoms with Crippen LogP contribution in [0.25, 0.3) is 33.6 Å². The van der Waals surface area contributed by atoms with Crippen molar-refractivity contribution in [2.45, 2.75) is 0 Å². The van der Waals surface area contributed by atoms with E-state index in [1.54, 1.807) is 6.07 Å². The molecular weight excluding hydrogens is 395 g/mol. The molecule has 0 saturated heterocycles. The predicted molar refractivity (Wildman–Crippen MR) is 115 cm³/mol. The standard InChI is InChI=1S/C24H15FN4O2/c25-17-12-10-16(11-13-17)23-28-29-24(31-23)27-22(30)19-14-21(15-6-2-1-3-7-15)26-20-9-5-4-8-18(19)20/h1-14H,(H,27,29,30). The molecule has 2 heterocycles. The summed E-state index contributed by atoms with van der Waals surface area (Å²) in [6.45, 7) is 0. The molecule has 7 heteroatoms. The summed E-state index contributed by atoms with van der Waals surface area (Å²) in [5, 5.41) is 11.2. The number of carbonyl (C=O) groups excluding carboxylic acids is 1. The average Bonchev–Trinajstić information content (AvgIpc) is 3.27. The fourth-order valence-electron chi connectivity index (χ4n) is 3.27. The van der Waals surface area contributed by atoms with E-state index in [2.05, 4.69) is 20.5 Å². The van der Waals surface area contributed by atoms with E-state index in [0.717, 1.165) is 5.56 Å². The van der Waals surface area contributed by atoms with Gasteiger partial charge in [-0.05, 0) is 36.4 Å². The van der Waals surface area contributed by atoms with Crippen molar-refractivity contribution >= 4 is 22.8 Å². The third-order valence-corrected chi connectivity index (χ3v) is 4.77. The molecule has 0 aliphatic carbocycles. The van der Waals surface area contributed by atoms with E-state index >= 15 is 0 Å². The normalized spacial score (nSPS) is 10.9. The largest absolute Gasteiger partial charge is 0.403 e. The molecule has 1 amide bonds. The number of aromatic nitrogens is 3. The first kappa shape index (κ1) is 18.6. The molecule has 0 aliphatic rings. The Kier molecular flexibility index (Phi) is 4.68. The van der Waals surface area contributed by atoms with E-state index < -0.39 is 5.91 Å². The molecule has 0 atom stereocenters. The Morgan fingerprint density at radius 3 is 2.39 bits per heavy atom. The lowest BCUT2D eigenvalue weighted by Crippen LogP contribution is -2.13. The lowest BCUT2D eigenvalue weighted by molar-refractivity contribution is 0.102. The van der Waals surface area contributed by atoms with Crippen LogP contribution in [0.1, 0.15) is 10.4 Å². The Hall–Kier alpha value is -4.39. The highest BCUT2D eigenvalue weighted by atomic mass is 19.1. The van der Waals surface area contributed by atoms with Crippen molar-refractivity contribution in [1.82, 2.24) is 15.2 Å². The number of anilines is 1. The highest BCUT2D eigenvalue weighted by molar-refractivity contribution is 6.12. The summed E-state index contributed by atoms with van der Waals surface area (Å²) in [5.41, 5.74) is 3.27. The second-order valence-corrected chi connectivity index (χ2v) is 6.81. The minimum absolute atomic E-state index is 0.0496. The van der Waals surface area contributed by atoms with Gasteiger partial charge in [0, 0.05) is 16.5 Å². The van der Waals surface area contributed by atoms with Gasteiger partial charge in [-0.2, -0.15) is 0 Å². The topological polar surface area (TPSA) is 80.9 Å². The second kappa shape index (κ2) is 7.79. The smallest absolute Gasteiger partial charge is 0.322 e. The molecule has 0 saturated carbocycles. The minimum atomic E-state index is -0.398. The molecule has 0 radical (unpaired) electrons. The van der Waals surface area contributed by atoms with E-state index in [1.165, 1.54) is 24.3 Å². The number of amides is 1. The van der Waals surface area contributed by atoms with Gasteiger partial charge in [0.15, 0.2) is 0 Å². The van der Waals surface area contributed by atoms with Gasteiger partial charge in [0.1, 0.15) is 5.82 Å². The lowest BCUT2D eigenvalue weighted by Gasteiger charge is -2.09. The van der Waals surface area contributed by atoms with Crippen molar-refractivity contribution in [2.24, 2.45) is 0 Å². The van der Waals surface area contributed by atoms with Crippen molar-refractivity contribution in [1.29, 1.82) is 0 Å². The van der Waals surface area contributed by atoms with E-state index in [1.807, 2.05) is 54.6 Å². The highest BCUT2D eigenvalue weighted by Gasteiger charge is 2.17. The van der Waals surface area contributed by atoms with Crippen molar-refractivity contribution in [3.05, 3.63) is 96.3 Å². The molecule has 5 rings (SSSR count). The van der Waals surface area contributed by atoms with Crippen LogP contribution in [0, 0.1) is 5.82 Å². The number of carbonyl (C=O) groups is 1. The number of halogens is 1. The van der Waals surface area contributed by atoms with Crippen LogP contribution in [0.2, 0.25) is 0 Å². The molecule has 0 aliphatic heterocycles. The third kappa shape index (κ3) is 3.76. The fourth-order valence-corrected chi connectivity index (χ4v) is 3.27. The van der Waals surface area contributed by atoms with E-state index in [4.69, 9.17) is 4.42 Å². The van der Waals surface area contributed by atoms with Gasteiger partial charge < -0.3 is 4.42 Å². The zero-order chi connectivity index (χ0) is 21.2. The van der Waals surface area contributed by atoms with Gasteiger partial charge in [-0.15, -0.1) is 5.10 Å². The molecule has 3 aromatic carbocycles. The molecule has 0 spiro atoms. The van der Waals surface area contributed by atoms with E-state index in [0.29, 0.717) is 27.7 Å². The van der Waals surface area contributed by atoms with Crippen LogP contribution < -0.4 is 5.32 Å². The van der Waals surface area contributed by atoms with Crippen molar-refractivity contribution in [3.8, 4) is 22.7 Å². The van der Waals surface area contributed by atoms with Crippen LogP contribution in [-0.2, 0) is 0 Å². The van der Waals surface area contributed by atoms with Crippen molar-refractivity contribution < 1.29 is 13.6 Å². The molecule has 150 valence electrons. The molecule has 2 aromatic heterocycles. The maximum absolute atomic E-state index is 13.1. The van der Waals surface area contributed by atoms with Gasteiger partial charge in [-0.1, -0.05) is 53.6 Å². The molecule has 1 N–H and O–H groups in total. The molecule has 5 aromatic rings. The molecule has 31 heavy (non-hydrogen) atoms. The maximum Gasteiger partial charge on any atom is 0.322 e. The van der Waals surface area contributed by atoms with Crippen LogP contribution >= 0.6 is 0 Å². The first-order chi connectivity index (χ1) is 15.2. The monoisotopic (exact) mass is 410 g/mol. The number of nitrogens with zero attached hydrogens (tertiary/aromatic N) is 3. The first-order valence-corrected chi connectivity index (χ1v) is 9.53. The number of hydrogen-bond acceptors (Lipinski definition) is 5. The molecular formula is C24H15FN4O2. The third-order valence-electron chi connectivity index (χ3n) is 4.77. The van der Waals surface area contributed by atoms with Crippen LogP contribution in [0.15, 0.2) is 89.3 Å². The summed E-state index contributed by atoms with van der Waals surface area (Å²) in [7, 11) is 0. The molecule has 0 unspecified atom stereocenters. The van der Waals surface area contributed by atoms with Crippen LogP contribution in [-0.4, -0.2) is 21.1 Å². The quantitative estimate of drug-likeness (QED) is 0.432. The number of rotatable bonds is 4. The van der Waals surface area contributed by atoms with Crippen LogP contribution in [0.5, 0.6) is 0 Å². The molecule has 0 bridgehead atoms. The SMILES string of the molecule is O=C(Nc1nnc(-c2ccc(F)cc2)o1)c1cc(-c2ccccc2)nc2ccccc12. The lowest BCUT2D eigenvalue weighted by atomic mass is 10.0. The van der Waals surface area contributed by atoms with Gasteiger partial charge in [0.05, 0.1) is 16.8 Å². The summed E-state index contributed by atoms with van der Waals surface area (Å²) in [4.78, 5) is 17.8. The predicted octanol–water partition coefficient (Wildman–Crippen LogP) is 5.34. The highest BCUT2D eigenvalue weighted by Crippen LogP contribution is 2.26. The first-order valence-electron chi connectivity index (χ1n) is 9.53. The number of pyridine rings is 1. The van der Waals surface area contributed by atoms with Gasteiger partial charge >= 0.3 is 6.01 Å². The van der Waals surface area contributed by atoms with Crippen molar-refractivity contribution in [2.75, 3.05) is 5.32 Å². The van der Waals surface area contributed by atoms with Crippen molar-refractivity contribution in [3.63, 3.8) is 0 Å². The Morgan fingerprint density at radius 1 is 0.839 bits per heavy atom. The zero-order valence-electron chi connectivity index (χ0n) is 16.1.